The molecule has 4 amide bonds. The minimum absolute atomic E-state index is 0.250. The standard InChI is InChI=1S/C20H32N4O10/c1-10(2)5-6-24(4)20(34)14(9-17(30)31)23-19(33)13(8-16(28)29)22-18(32)12(7-15(26)27)21-11(3)25/h10,12-14H,5-9H2,1-4H3,(H,21,25)(H,22,32)(H,23,33)(H,26,27)(H,28,29)(H,30,31). The van der Waals surface area contributed by atoms with E-state index in [2.05, 4.69) is 10.6 Å². The molecule has 14 nitrogen and oxygen atoms in total. The van der Waals surface area contributed by atoms with Crippen LogP contribution in [0.15, 0.2) is 0 Å². The van der Waals surface area contributed by atoms with E-state index < -0.39 is 78.9 Å². The summed E-state index contributed by atoms with van der Waals surface area (Å²) in [5.41, 5.74) is 0. The number of rotatable bonds is 15. The molecule has 34 heavy (non-hydrogen) atoms. The fourth-order valence-electron chi connectivity index (χ4n) is 2.76. The highest BCUT2D eigenvalue weighted by molar-refractivity contribution is 5.97. The minimum Gasteiger partial charge on any atom is -0.481 e. The van der Waals surface area contributed by atoms with Crippen LogP contribution in [0.1, 0.15) is 46.5 Å². The number of hydrogen-bond acceptors (Lipinski definition) is 7. The molecular weight excluding hydrogens is 456 g/mol. The van der Waals surface area contributed by atoms with Gasteiger partial charge in [-0.1, -0.05) is 13.8 Å². The topological polar surface area (TPSA) is 220 Å². The van der Waals surface area contributed by atoms with Crippen molar-refractivity contribution in [3.05, 3.63) is 0 Å². The average molecular weight is 488 g/mol. The van der Waals surface area contributed by atoms with Gasteiger partial charge in [-0.2, -0.15) is 0 Å². The molecular formula is C20H32N4O10. The lowest BCUT2D eigenvalue weighted by Gasteiger charge is -2.26. The van der Waals surface area contributed by atoms with Crippen molar-refractivity contribution in [3.8, 4) is 0 Å². The number of amides is 4. The summed E-state index contributed by atoms with van der Waals surface area (Å²) < 4.78 is 0. The van der Waals surface area contributed by atoms with Crippen LogP contribution < -0.4 is 16.0 Å². The van der Waals surface area contributed by atoms with Crippen molar-refractivity contribution < 1.29 is 48.9 Å². The molecule has 0 aliphatic carbocycles. The van der Waals surface area contributed by atoms with E-state index >= 15 is 0 Å². The highest BCUT2D eigenvalue weighted by Crippen LogP contribution is 2.06. The fourth-order valence-corrected chi connectivity index (χ4v) is 2.76. The Balaban J connectivity index is 5.63. The molecule has 0 aromatic rings. The van der Waals surface area contributed by atoms with E-state index in [0.717, 1.165) is 6.92 Å². The zero-order valence-corrected chi connectivity index (χ0v) is 19.5. The molecule has 0 radical (unpaired) electrons. The van der Waals surface area contributed by atoms with E-state index in [-0.39, 0.29) is 12.5 Å². The SMILES string of the molecule is CC(=O)NC(CC(=O)O)C(=O)NC(CC(=O)O)C(=O)NC(CC(=O)O)C(=O)N(C)CCC(C)C. The summed E-state index contributed by atoms with van der Waals surface area (Å²) in [6.45, 7) is 5.16. The molecule has 3 unspecified atom stereocenters. The van der Waals surface area contributed by atoms with Crippen molar-refractivity contribution in [2.45, 2.75) is 64.6 Å². The summed E-state index contributed by atoms with van der Waals surface area (Å²) in [6, 6.07) is -4.92. The van der Waals surface area contributed by atoms with E-state index in [0.29, 0.717) is 6.42 Å². The zero-order valence-electron chi connectivity index (χ0n) is 19.5. The van der Waals surface area contributed by atoms with E-state index in [4.69, 9.17) is 15.3 Å². The average Bonchev–Trinajstić information content (AvgIpc) is 2.68. The molecule has 6 N–H and O–H groups in total. The Hall–Kier alpha value is -3.71. The number of nitrogens with one attached hydrogen (secondary N) is 3. The minimum atomic E-state index is -1.78. The van der Waals surface area contributed by atoms with Gasteiger partial charge in [0.15, 0.2) is 0 Å². The second kappa shape index (κ2) is 14.4. The van der Waals surface area contributed by atoms with Crippen LogP contribution in [0.3, 0.4) is 0 Å². The molecule has 0 fully saturated rings. The number of hydrogen-bond donors (Lipinski definition) is 6. The molecule has 0 rings (SSSR count). The predicted molar refractivity (Wildman–Crippen MR) is 115 cm³/mol. The fraction of sp³-hybridized carbons (Fsp3) is 0.650. The van der Waals surface area contributed by atoms with Gasteiger partial charge in [-0.3, -0.25) is 33.6 Å². The summed E-state index contributed by atoms with van der Waals surface area (Å²) >= 11 is 0. The maximum absolute atomic E-state index is 12.7. The third-order valence-electron chi connectivity index (χ3n) is 4.50. The van der Waals surface area contributed by atoms with Gasteiger partial charge in [-0.15, -0.1) is 0 Å². The Morgan fingerprint density at radius 3 is 1.47 bits per heavy atom. The maximum Gasteiger partial charge on any atom is 0.305 e. The zero-order chi connectivity index (χ0) is 26.6. The van der Waals surface area contributed by atoms with E-state index in [1.165, 1.54) is 11.9 Å². The molecule has 14 heteroatoms. The molecule has 0 heterocycles. The van der Waals surface area contributed by atoms with Gasteiger partial charge in [0.2, 0.25) is 23.6 Å². The van der Waals surface area contributed by atoms with E-state index in [1.54, 1.807) is 0 Å². The number of nitrogens with zero attached hydrogens (tertiary/aromatic N) is 1. The van der Waals surface area contributed by atoms with Crippen LogP contribution in [-0.4, -0.2) is 93.5 Å². The molecule has 0 spiro atoms. The highest BCUT2D eigenvalue weighted by Gasteiger charge is 2.33. The molecule has 0 aliphatic rings. The van der Waals surface area contributed by atoms with Crippen LogP contribution in [-0.2, 0) is 33.6 Å². The van der Waals surface area contributed by atoms with Gasteiger partial charge >= 0.3 is 17.9 Å². The quantitative estimate of drug-likeness (QED) is 0.155. The van der Waals surface area contributed by atoms with Gasteiger partial charge in [0.25, 0.3) is 0 Å². The largest absolute Gasteiger partial charge is 0.481 e. The van der Waals surface area contributed by atoms with Crippen LogP contribution in [0.4, 0.5) is 0 Å². The lowest BCUT2D eigenvalue weighted by atomic mass is 10.1. The first kappa shape index (κ1) is 30.3. The summed E-state index contributed by atoms with van der Waals surface area (Å²) in [6.07, 6.45) is -1.97. The number of carboxylic acid groups (broad SMARTS) is 3. The van der Waals surface area contributed by atoms with E-state index in [1.807, 2.05) is 19.2 Å². The molecule has 0 bridgehead atoms. The van der Waals surface area contributed by atoms with Crippen LogP contribution in [0.5, 0.6) is 0 Å². The van der Waals surface area contributed by atoms with Gasteiger partial charge in [0, 0.05) is 20.5 Å². The Kier molecular flexibility index (Phi) is 12.9. The van der Waals surface area contributed by atoms with Crippen molar-refractivity contribution in [3.63, 3.8) is 0 Å². The Bertz CT molecular complexity index is 782. The lowest BCUT2D eigenvalue weighted by Crippen LogP contribution is -2.57. The Morgan fingerprint density at radius 2 is 1.09 bits per heavy atom. The molecule has 0 saturated heterocycles. The molecule has 0 aromatic carbocycles. The van der Waals surface area contributed by atoms with E-state index in [9.17, 15) is 33.6 Å². The van der Waals surface area contributed by atoms with Crippen molar-refractivity contribution in [2.75, 3.05) is 13.6 Å². The molecule has 3 atom stereocenters. The van der Waals surface area contributed by atoms with Crippen molar-refractivity contribution >= 4 is 41.5 Å². The number of carbonyl (C=O) groups is 7. The molecule has 0 aliphatic heterocycles. The van der Waals surface area contributed by atoms with Gasteiger partial charge < -0.3 is 36.2 Å². The van der Waals surface area contributed by atoms with Gasteiger partial charge in [0.1, 0.15) is 18.1 Å². The molecule has 0 saturated carbocycles. The van der Waals surface area contributed by atoms with Crippen molar-refractivity contribution in [2.24, 2.45) is 5.92 Å². The normalized spacial score (nSPS) is 13.2. The summed E-state index contributed by atoms with van der Waals surface area (Å²) in [5.74, 6) is -7.87. The van der Waals surface area contributed by atoms with Crippen LogP contribution in [0, 0.1) is 5.92 Å². The lowest BCUT2D eigenvalue weighted by molar-refractivity contribution is -0.145. The third-order valence-corrected chi connectivity index (χ3v) is 4.50. The van der Waals surface area contributed by atoms with Crippen LogP contribution in [0.2, 0.25) is 0 Å². The number of aliphatic carboxylic acids is 3. The monoisotopic (exact) mass is 488 g/mol. The first-order valence-corrected chi connectivity index (χ1v) is 10.4. The summed E-state index contributed by atoms with van der Waals surface area (Å²) in [7, 11) is 1.42. The molecule has 192 valence electrons. The predicted octanol–water partition coefficient (Wildman–Crippen LogP) is -1.61. The third kappa shape index (κ3) is 12.4. The molecule has 0 aromatic heterocycles. The Labute approximate surface area is 196 Å². The summed E-state index contributed by atoms with van der Waals surface area (Å²) in [5, 5.41) is 33.5. The maximum atomic E-state index is 12.7. The Morgan fingerprint density at radius 1 is 0.706 bits per heavy atom. The first-order chi connectivity index (χ1) is 15.6. The van der Waals surface area contributed by atoms with Crippen molar-refractivity contribution in [1.29, 1.82) is 0 Å². The summed E-state index contributed by atoms with van der Waals surface area (Å²) in [4.78, 5) is 83.7. The van der Waals surface area contributed by atoms with Crippen molar-refractivity contribution in [1.82, 2.24) is 20.9 Å². The van der Waals surface area contributed by atoms with Crippen LogP contribution in [0.25, 0.3) is 0 Å². The number of likely N-dealkylation sites (N-methyl/N-ethyl adjacent to an activating group) is 1. The number of carboxylic acids is 3. The van der Waals surface area contributed by atoms with Gasteiger partial charge in [-0.05, 0) is 12.3 Å². The second-order valence-corrected chi connectivity index (χ2v) is 8.11. The van der Waals surface area contributed by atoms with Crippen LogP contribution >= 0.6 is 0 Å². The smallest absolute Gasteiger partial charge is 0.305 e. The highest BCUT2D eigenvalue weighted by atomic mass is 16.4. The van der Waals surface area contributed by atoms with Gasteiger partial charge in [0.05, 0.1) is 19.3 Å². The number of carbonyl (C=O) groups excluding carboxylic acids is 4. The van der Waals surface area contributed by atoms with Gasteiger partial charge in [-0.25, -0.2) is 0 Å². The second-order valence-electron chi connectivity index (χ2n) is 8.11. The first-order valence-electron chi connectivity index (χ1n) is 10.4.